The molecule has 0 saturated carbocycles. The van der Waals surface area contributed by atoms with Crippen molar-refractivity contribution in [3.8, 4) is 0 Å². The van der Waals surface area contributed by atoms with E-state index in [-0.39, 0.29) is 0 Å². The first-order chi connectivity index (χ1) is 9.90. The highest BCUT2D eigenvalue weighted by Crippen LogP contribution is 2.22. The van der Waals surface area contributed by atoms with Crippen LogP contribution >= 0.6 is 0 Å². The summed E-state index contributed by atoms with van der Waals surface area (Å²) in [4.78, 5) is 28.7. The van der Waals surface area contributed by atoms with Crippen molar-refractivity contribution in [2.75, 3.05) is 18.5 Å². The number of hydrogen-bond donors (Lipinski definition) is 2. The number of rotatable bonds is 5. The van der Waals surface area contributed by atoms with Crippen LogP contribution in [-0.2, 0) is 4.79 Å². The first-order valence-electron chi connectivity index (χ1n) is 6.53. The number of aromatic nitrogens is 1. The Bertz CT molecular complexity index is 700. The van der Waals surface area contributed by atoms with E-state index in [2.05, 4.69) is 4.98 Å². The average Bonchev–Trinajstić information content (AvgIpc) is 2.45. The van der Waals surface area contributed by atoms with Gasteiger partial charge in [-0.3, -0.25) is 9.59 Å². The van der Waals surface area contributed by atoms with Gasteiger partial charge >= 0.3 is 5.97 Å². The second-order valence-corrected chi connectivity index (χ2v) is 5.03. The Morgan fingerprint density at radius 1 is 1.38 bits per heavy atom. The zero-order valence-corrected chi connectivity index (χ0v) is 11.9. The molecule has 1 aromatic carbocycles. The van der Waals surface area contributed by atoms with Crippen molar-refractivity contribution in [2.45, 2.75) is 6.92 Å². The molecule has 1 atom stereocenters. The van der Waals surface area contributed by atoms with Crippen LogP contribution in [0.2, 0.25) is 0 Å². The Morgan fingerprint density at radius 3 is 2.67 bits per heavy atom. The summed E-state index contributed by atoms with van der Waals surface area (Å²) in [7, 11) is 1.74. The van der Waals surface area contributed by atoms with Crippen molar-refractivity contribution in [3.05, 3.63) is 35.9 Å². The van der Waals surface area contributed by atoms with Gasteiger partial charge in [0, 0.05) is 19.0 Å². The SMILES string of the molecule is CC(CN(C)c1cc(C(N)=O)c2ccccc2n1)C(=O)O. The Morgan fingerprint density at radius 2 is 2.05 bits per heavy atom. The van der Waals surface area contributed by atoms with Crippen molar-refractivity contribution in [1.82, 2.24) is 4.98 Å². The van der Waals surface area contributed by atoms with Crippen molar-refractivity contribution in [2.24, 2.45) is 11.7 Å². The summed E-state index contributed by atoms with van der Waals surface area (Å²) in [6, 6.07) is 8.81. The summed E-state index contributed by atoms with van der Waals surface area (Å²) < 4.78 is 0. The molecule has 0 fully saturated rings. The van der Waals surface area contributed by atoms with E-state index < -0.39 is 17.8 Å². The molecule has 1 aromatic heterocycles. The Kier molecular flexibility index (Phi) is 4.07. The number of carboxylic acids is 1. The van der Waals surface area contributed by atoms with Crippen molar-refractivity contribution >= 4 is 28.6 Å². The molecule has 21 heavy (non-hydrogen) atoms. The standard InChI is InChI=1S/C15H17N3O3/c1-9(15(20)21)8-18(2)13-7-11(14(16)19)10-5-3-4-6-12(10)17-13/h3-7,9H,8H2,1-2H3,(H2,16,19)(H,20,21). The lowest BCUT2D eigenvalue weighted by Crippen LogP contribution is -2.29. The quantitative estimate of drug-likeness (QED) is 0.868. The van der Waals surface area contributed by atoms with Gasteiger partial charge in [-0.25, -0.2) is 4.98 Å². The highest BCUT2D eigenvalue weighted by molar-refractivity contribution is 6.06. The number of carboxylic acid groups (broad SMARTS) is 1. The van der Waals surface area contributed by atoms with Crippen LogP contribution in [0.5, 0.6) is 0 Å². The maximum atomic E-state index is 11.6. The minimum atomic E-state index is -0.877. The maximum absolute atomic E-state index is 11.6. The van der Waals surface area contributed by atoms with Gasteiger partial charge in [-0.05, 0) is 12.1 Å². The van der Waals surface area contributed by atoms with Gasteiger partial charge in [0.25, 0.3) is 0 Å². The van der Waals surface area contributed by atoms with Gasteiger partial charge < -0.3 is 15.7 Å². The molecule has 0 radical (unpaired) electrons. The molecule has 6 nitrogen and oxygen atoms in total. The molecule has 110 valence electrons. The molecule has 1 heterocycles. The average molecular weight is 287 g/mol. The number of nitrogens with zero attached hydrogens (tertiary/aromatic N) is 2. The van der Waals surface area contributed by atoms with Crippen LogP contribution in [0.15, 0.2) is 30.3 Å². The first kappa shape index (κ1) is 14.8. The number of benzene rings is 1. The lowest BCUT2D eigenvalue weighted by molar-refractivity contribution is -0.140. The monoisotopic (exact) mass is 287 g/mol. The number of para-hydroxylation sites is 1. The van der Waals surface area contributed by atoms with Gasteiger partial charge in [0.05, 0.1) is 17.0 Å². The normalized spacial score (nSPS) is 12.1. The molecule has 1 amide bonds. The zero-order valence-electron chi connectivity index (χ0n) is 11.9. The fraction of sp³-hybridized carbons (Fsp3) is 0.267. The molecule has 6 heteroatoms. The number of nitrogens with two attached hydrogens (primary N) is 1. The summed E-state index contributed by atoms with van der Waals surface area (Å²) in [5.74, 6) is -1.43. The second-order valence-electron chi connectivity index (χ2n) is 5.03. The number of aliphatic carboxylic acids is 1. The number of hydrogen-bond acceptors (Lipinski definition) is 4. The van der Waals surface area contributed by atoms with Crippen LogP contribution in [0, 0.1) is 5.92 Å². The lowest BCUT2D eigenvalue weighted by Gasteiger charge is -2.21. The molecule has 0 aliphatic carbocycles. The third-order valence-electron chi connectivity index (χ3n) is 3.33. The molecule has 3 N–H and O–H groups in total. The summed E-state index contributed by atoms with van der Waals surface area (Å²) in [5, 5.41) is 9.66. The van der Waals surface area contributed by atoms with Gasteiger partial charge in [-0.15, -0.1) is 0 Å². The molecule has 0 aliphatic heterocycles. The number of fused-ring (bicyclic) bond motifs is 1. The largest absolute Gasteiger partial charge is 0.481 e. The van der Waals surface area contributed by atoms with Crippen LogP contribution in [-0.4, -0.2) is 35.6 Å². The number of primary amides is 1. The van der Waals surface area contributed by atoms with E-state index >= 15 is 0 Å². The highest BCUT2D eigenvalue weighted by atomic mass is 16.4. The predicted molar refractivity (Wildman–Crippen MR) is 80.3 cm³/mol. The minimum Gasteiger partial charge on any atom is -0.481 e. The van der Waals surface area contributed by atoms with Crippen LogP contribution < -0.4 is 10.6 Å². The number of pyridine rings is 1. The smallest absolute Gasteiger partial charge is 0.308 e. The van der Waals surface area contributed by atoms with Crippen LogP contribution in [0.4, 0.5) is 5.82 Å². The highest BCUT2D eigenvalue weighted by Gasteiger charge is 2.17. The predicted octanol–water partition coefficient (Wildman–Crippen LogP) is 1.49. The summed E-state index contributed by atoms with van der Waals surface area (Å²) in [5.41, 5.74) is 6.45. The lowest BCUT2D eigenvalue weighted by atomic mass is 10.1. The molecular weight excluding hydrogens is 270 g/mol. The molecule has 0 saturated heterocycles. The zero-order chi connectivity index (χ0) is 15.6. The number of carbonyl (C=O) groups is 2. The second kappa shape index (κ2) is 5.78. The van der Waals surface area contributed by atoms with Crippen LogP contribution in [0.25, 0.3) is 10.9 Å². The minimum absolute atomic E-state index is 0.291. The van der Waals surface area contributed by atoms with Crippen molar-refractivity contribution < 1.29 is 14.7 Å². The van der Waals surface area contributed by atoms with Crippen molar-refractivity contribution in [3.63, 3.8) is 0 Å². The van der Waals surface area contributed by atoms with Crippen LogP contribution in [0.3, 0.4) is 0 Å². The van der Waals surface area contributed by atoms with E-state index in [0.717, 1.165) is 0 Å². The van der Waals surface area contributed by atoms with E-state index in [1.165, 1.54) is 0 Å². The molecule has 0 bridgehead atoms. The van der Waals surface area contributed by atoms with Gasteiger partial charge in [0.1, 0.15) is 5.82 Å². The van der Waals surface area contributed by atoms with E-state index in [1.54, 1.807) is 37.1 Å². The fourth-order valence-corrected chi connectivity index (χ4v) is 2.14. The van der Waals surface area contributed by atoms with E-state index in [0.29, 0.717) is 28.8 Å². The first-order valence-corrected chi connectivity index (χ1v) is 6.53. The Labute approximate surface area is 122 Å². The summed E-state index contributed by atoms with van der Waals surface area (Å²) >= 11 is 0. The third-order valence-corrected chi connectivity index (χ3v) is 3.33. The fourth-order valence-electron chi connectivity index (χ4n) is 2.14. The van der Waals surface area contributed by atoms with Crippen LogP contribution in [0.1, 0.15) is 17.3 Å². The van der Waals surface area contributed by atoms with Gasteiger partial charge in [-0.2, -0.15) is 0 Å². The number of carbonyl (C=O) groups excluding carboxylic acids is 1. The third kappa shape index (κ3) is 3.10. The molecule has 2 aromatic rings. The molecular formula is C15H17N3O3. The maximum Gasteiger partial charge on any atom is 0.308 e. The summed E-state index contributed by atoms with van der Waals surface area (Å²) in [6.07, 6.45) is 0. The Balaban J connectivity index is 2.45. The molecule has 0 spiro atoms. The number of anilines is 1. The topological polar surface area (TPSA) is 96.5 Å². The Hall–Kier alpha value is -2.63. The molecule has 2 rings (SSSR count). The molecule has 1 unspecified atom stereocenters. The molecule has 0 aliphatic rings. The van der Waals surface area contributed by atoms with E-state index in [4.69, 9.17) is 10.8 Å². The van der Waals surface area contributed by atoms with Gasteiger partial charge in [-0.1, -0.05) is 25.1 Å². The van der Waals surface area contributed by atoms with Crippen molar-refractivity contribution in [1.29, 1.82) is 0 Å². The number of amides is 1. The van der Waals surface area contributed by atoms with E-state index in [1.807, 2.05) is 12.1 Å². The van der Waals surface area contributed by atoms with Gasteiger partial charge in [0.2, 0.25) is 5.91 Å². The van der Waals surface area contributed by atoms with E-state index in [9.17, 15) is 9.59 Å². The summed E-state index contributed by atoms with van der Waals surface area (Å²) in [6.45, 7) is 1.91. The van der Waals surface area contributed by atoms with Gasteiger partial charge in [0.15, 0.2) is 0 Å².